The normalized spacial score (nSPS) is 24.4. The maximum atomic E-state index is 12.5. The first kappa shape index (κ1) is 14.9. The second-order valence-corrected chi connectivity index (χ2v) is 6.45. The average molecular weight is 302 g/mol. The third kappa shape index (κ3) is 2.67. The van der Waals surface area contributed by atoms with Crippen molar-refractivity contribution in [3.05, 3.63) is 23.8 Å². The van der Waals surface area contributed by atoms with Crippen LogP contribution in [0.25, 0.3) is 0 Å². The van der Waals surface area contributed by atoms with E-state index in [0.29, 0.717) is 23.9 Å². The molecule has 2 N–H and O–H groups in total. The van der Waals surface area contributed by atoms with Crippen molar-refractivity contribution in [2.24, 2.45) is 5.92 Å². The van der Waals surface area contributed by atoms with Crippen LogP contribution < -0.4 is 15.4 Å². The lowest BCUT2D eigenvalue weighted by Crippen LogP contribution is -2.59. The van der Waals surface area contributed by atoms with Crippen molar-refractivity contribution in [2.45, 2.75) is 45.1 Å². The highest BCUT2D eigenvalue weighted by Gasteiger charge is 2.47. The van der Waals surface area contributed by atoms with E-state index in [0.717, 1.165) is 18.4 Å². The van der Waals surface area contributed by atoms with Crippen LogP contribution in [0.2, 0.25) is 0 Å². The summed E-state index contributed by atoms with van der Waals surface area (Å²) in [6.07, 6.45) is 4.74. The first-order valence-corrected chi connectivity index (χ1v) is 7.88. The van der Waals surface area contributed by atoms with Crippen LogP contribution in [0.4, 0.5) is 5.69 Å². The summed E-state index contributed by atoms with van der Waals surface area (Å²) in [5.41, 5.74) is 0.129. The Morgan fingerprint density at radius 2 is 2.14 bits per heavy atom. The van der Waals surface area contributed by atoms with Gasteiger partial charge in [-0.05, 0) is 50.3 Å². The summed E-state index contributed by atoms with van der Waals surface area (Å²) in [6, 6.07) is 5.52. The second-order valence-electron chi connectivity index (χ2n) is 6.45. The van der Waals surface area contributed by atoms with Gasteiger partial charge in [0.2, 0.25) is 0 Å². The quantitative estimate of drug-likeness (QED) is 0.843. The molecule has 5 heteroatoms. The van der Waals surface area contributed by atoms with Gasteiger partial charge in [0, 0.05) is 6.54 Å². The Morgan fingerprint density at radius 1 is 1.41 bits per heavy atom. The van der Waals surface area contributed by atoms with E-state index < -0.39 is 11.5 Å². The maximum absolute atomic E-state index is 12.5. The molecule has 0 unspecified atom stereocenters. The number of nitrogens with one attached hydrogen (secondary N) is 2. The molecule has 0 aromatic heterocycles. The van der Waals surface area contributed by atoms with Crippen LogP contribution in [0.15, 0.2) is 18.2 Å². The Balaban J connectivity index is 1.72. The second kappa shape index (κ2) is 5.63. The number of amides is 2. The summed E-state index contributed by atoms with van der Waals surface area (Å²) in [5, 5.41) is 5.66. The van der Waals surface area contributed by atoms with Crippen molar-refractivity contribution in [1.82, 2.24) is 5.32 Å². The summed E-state index contributed by atoms with van der Waals surface area (Å²) >= 11 is 0. The van der Waals surface area contributed by atoms with E-state index in [1.54, 1.807) is 6.07 Å². The molecule has 1 aromatic rings. The van der Waals surface area contributed by atoms with Crippen LogP contribution in [0.1, 0.15) is 38.2 Å². The lowest BCUT2D eigenvalue weighted by molar-refractivity contribution is -0.146. The zero-order valence-corrected chi connectivity index (χ0v) is 13.1. The van der Waals surface area contributed by atoms with Gasteiger partial charge in [-0.15, -0.1) is 0 Å². The number of ether oxygens (including phenoxy) is 1. The molecule has 0 spiro atoms. The zero-order chi connectivity index (χ0) is 15.7. The average Bonchev–Trinajstić information content (AvgIpc) is 2.99. The van der Waals surface area contributed by atoms with Crippen molar-refractivity contribution < 1.29 is 14.3 Å². The molecule has 1 heterocycles. The molecular formula is C17H22N2O3. The Morgan fingerprint density at radius 3 is 2.86 bits per heavy atom. The number of carbonyl (C=O) groups excluding carboxylic acids is 2. The number of anilines is 1. The van der Waals surface area contributed by atoms with Crippen molar-refractivity contribution in [1.29, 1.82) is 0 Å². The molecule has 1 aliphatic heterocycles. The minimum atomic E-state index is -1.51. The van der Waals surface area contributed by atoms with E-state index >= 15 is 0 Å². The molecule has 2 aliphatic rings. The number of fused-ring (bicyclic) bond motifs is 1. The topological polar surface area (TPSA) is 67.4 Å². The number of hydrogen-bond acceptors (Lipinski definition) is 3. The number of benzene rings is 1. The highest BCUT2D eigenvalue weighted by atomic mass is 16.5. The van der Waals surface area contributed by atoms with Crippen molar-refractivity contribution in [3.8, 4) is 5.75 Å². The minimum Gasteiger partial charge on any atom is -0.466 e. The van der Waals surface area contributed by atoms with Crippen LogP contribution in [0, 0.1) is 12.8 Å². The van der Waals surface area contributed by atoms with Crippen LogP contribution in [-0.4, -0.2) is 24.0 Å². The van der Waals surface area contributed by atoms with E-state index in [4.69, 9.17) is 4.74 Å². The van der Waals surface area contributed by atoms with E-state index in [1.165, 1.54) is 19.8 Å². The van der Waals surface area contributed by atoms with E-state index in [9.17, 15) is 9.59 Å². The lowest BCUT2D eigenvalue weighted by Gasteiger charge is -2.33. The molecule has 118 valence electrons. The molecular weight excluding hydrogens is 280 g/mol. The van der Waals surface area contributed by atoms with Crippen molar-refractivity contribution in [2.75, 3.05) is 11.9 Å². The van der Waals surface area contributed by atoms with Gasteiger partial charge in [0.15, 0.2) is 0 Å². The van der Waals surface area contributed by atoms with Crippen LogP contribution in [0.3, 0.4) is 0 Å². The molecule has 2 amide bonds. The fraction of sp³-hybridized carbons (Fsp3) is 0.529. The van der Waals surface area contributed by atoms with Gasteiger partial charge < -0.3 is 15.4 Å². The van der Waals surface area contributed by atoms with E-state index in [-0.39, 0.29) is 5.91 Å². The summed E-state index contributed by atoms with van der Waals surface area (Å²) in [5.74, 6) is 0.260. The maximum Gasteiger partial charge on any atom is 0.278 e. The van der Waals surface area contributed by atoms with Gasteiger partial charge >= 0.3 is 0 Å². The molecule has 0 radical (unpaired) electrons. The van der Waals surface area contributed by atoms with Crippen LogP contribution >= 0.6 is 0 Å². The molecule has 0 bridgehead atoms. The highest BCUT2D eigenvalue weighted by molar-refractivity contribution is 6.15. The predicted octanol–water partition coefficient (Wildman–Crippen LogP) is 2.39. The minimum absolute atomic E-state index is 0.372. The molecule has 0 saturated heterocycles. The van der Waals surface area contributed by atoms with E-state index in [1.807, 2.05) is 19.1 Å². The number of rotatable bonds is 3. The van der Waals surface area contributed by atoms with Gasteiger partial charge in [-0.1, -0.05) is 18.9 Å². The Bertz CT molecular complexity index is 608. The third-order valence-corrected chi connectivity index (χ3v) is 4.59. The number of carbonyl (C=O) groups is 2. The molecule has 1 fully saturated rings. The van der Waals surface area contributed by atoms with E-state index in [2.05, 4.69) is 10.6 Å². The fourth-order valence-electron chi connectivity index (χ4n) is 3.11. The zero-order valence-electron chi connectivity index (χ0n) is 13.1. The molecule has 22 heavy (non-hydrogen) atoms. The molecule has 1 atom stereocenters. The van der Waals surface area contributed by atoms with Crippen LogP contribution in [0.5, 0.6) is 5.75 Å². The summed E-state index contributed by atoms with van der Waals surface area (Å²) in [6.45, 7) is 4.08. The van der Waals surface area contributed by atoms with Gasteiger partial charge in [-0.2, -0.15) is 0 Å². The Labute approximate surface area is 130 Å². The predicted molar refractivity (Wildman–Crippen MR) is 83.8 cm³/mol. The number of aryl methyl sites for hydroxylation is 1. The lowest BCUT2D eigenvalue weighted by atomic mass is 10.0. The van der Waals surface area contributed by atoms with Crippen molar-refractivity contribution in [3.63, 3.8) is 0 Å². The smallest absolute Gasteiger partial charge is 0.278 e. The molecule has 5 nitrogen and oxygen atoms in total. The molecule has 1 aliphatic carbocycles. The largest absolute Gasteiger partial charge is 0.466 e. The first-order chi connectivity index (χ1) is 10.5. The summed E-state index contributed by atoms with van der Waals surface area (Å²) in [4.78, 5) is 24.8. The monoisotopic (exact) mass is 302 g/mol. The molecule has 1 aromatic carbocycles. The van der Waals surface area contributed by atoms with Crippen LogP contribution in [-0.2, 0) is 9.59 Å². The molecule has 1 saturated carbocycles. The standard InChI is InChI=1S/C17H22N2O3/c1-11-7-8-14-13(9-11)19-16(21)17(2,22-14)15(20)18-10-12-5-3-4-6-12/h7-9,12H,3-6,10H2,1-2H3,(H,18,20)(H,19,21)/t17-/m1/s1. The fourth-order valence-corrected chi connectivity index (χ4v) is 3.11. The summed E-state index contributed by atoms with van der Waals surface area (Å²) in [7, 11) is 0. The van der Waals surface area contributed by atoms with Gasteiger partial charge in [-0.25, -0.2) is 0 Å². The van der Waals surface area contributed by atoms with Gasteiger partial charge in [-0.3, -0.25) is 9.59 Å². The SMILES string of the molecule is Cc1ccc2c(c1)NC(=O)[C@@](C)(C(=O)NCC1CCCC1)O2. The van der Waals surface area contributed by atoms with Gasteiger partial charge in [0.05, 0.1) is 5.69 Å². The molecule has 3 rings (SSSR count). The Hall–Kier alpha value is -2.04. The number of hydrogen-bond donors (Lipinski definition) is 2. The highest BCUT2D eigenvalue weighted by Crippen LogP contribution is 2.34. The van der Waals surface area contributed by atoms with Gasteiger partial charge in [0.25, 0.3) is 17.4 Å². The Kier molecular flexibility index (Phi) is 3.81. The van der Waals surface area contributed by atoms with Crippen molar-refractivity contribution >= 4 is 17.5 Å². The van der Waals surface area contributed by atoms with Gasteiger partial charge in [0.1, 0.15) is 5.75 Å². The first-order valence-electron chi connectivity index (χ1n) is 7.88. The summed E-state index contributed by atoms with van der Waals surface area (Å²) < 4.78 is 5.74. The third-order valence-electron chi connectivity index (χ3n) is 4.59.